The van der Waals surface area contributed by atoms with Crippen LogP contribution in [0.15, 0.2) is 48.5 Å². The maximum Gasteiger partial charge on any atom is 0.361 e. The molecule has 0 amide bonds. The molecule has 1 N–H and O–H groups in total. The van der Waals surface area contributed by atoms with Crippen LogP contribution in [0.3, 0.4) is 0 Å². The van der Waals surface area contributed by atoms with Crippen molar-refractivity contribution in [3.63, 3.8) is 0 Å². The molecular weight excluding hydrogens is 325 g/mol. The molecule has 0 radical (unpaired) electrons. The quantitative estimate of drug-likeness (QED) is 0.696. The minimum atomic E-state index is -0.536. The fourth-order valence-corrected chi connectivity index (χ4v) is 2.26. The number of nitrogens with one attached hydrogen (secondary N) is 1. The summed E-state index contributed by atoms with van der Waals surface area (Å²) in [5, 5.41) is 10.3. The Morgan fingerprint density at radius 1 is 1.12 bits per heavy atom. The Morgan fingerprint density at radius 2 is 1.88 bits per heavy atom. The Morgan fingerprint density at radius 3 is 2.60 bits per heavy atom. The smallest absolute Gasteiger partial charge is 0.361 e. The molecule has 0 atom stereocenters. The van der Waals surface area contributed by atoms with Crippen LogP contribution < -0.4 is 4.74 Å². The van der Waals surface area contributed by atoms with Crippen molar-refractivity contribution in [3.8, 4) is 17.0 Å². The lowest BCUT2D eigenvalue weighted by molar-refractivity contribution is 0.0520. The van der Waals surface area contributed by atoms with Gasteiger partial charge in [0.05, 0.1) is 6.61 Å². The number of aromatic amines is 1. The second kappa shape index (κ2) is 7.57. The van der Waals surface area contributed by atoms with Crippen LogP contribution >= 0.6 is 0 Å². The molecule has 0 aliphatic heterocycles. The zero-order valence-electron chi connectivity index (χ0n) is 13.5. The van der Waals surface area contributed by atoms with Gasteiger partial charge in [-0.25, -0.2) is 9.18 Å². The van der Waals surface area contributed by atoms with Gasteiger partial charge >= 0.3 is 5.97 Å². The van der Waals surface area contributed by atoms with E-state index in [-0.39, 0.29) is 24.7 Å². The van der Waals surface area contributed by atoms with Crippen molar-refractivity contribution in [3.05, 3.63) is 65.6 Å². The van der Waals surface area contributed by atoms with Gasteiger partial charge < -0.3 is 9.47 Å². The molecule has 0 saturated heterocycles. The molecule has 3 aromatic rings. The lowest BCUT2D eigenvalue weighted by atomic mass is 10.1. The van der Waals surface area contributed by atoms with E-state index < -0.39 is 5.97 Å². The van der Waals surface area contributed by atoms with Gasteiger partial charge in [-0.15, -0.1) is 5.10 Å². The number of hydrogen-bond acceptors (Lipinski definition) is 5. The predicted molar refractivity (Wildman–Crippen MR) is 88.5 cm³/mol. The lowest BCUT2D eigenvalue weighted by Crippen LogP contribution is -2.06. The van der Waals surface area contributed by atoms with E-state index in [4.69, 9.17) is 9.47 Å². The van der Waals surface area contributed by atoms with Crippen molar-refractivity contribution in [2.24, 2.45) is 0 Å². The Kier molecular flexibility index (Phi) is 5.03. The van der Waals surface area contributed by atoms with Gasteiger partial charge in [0.15, 0.2) is 5.69 Å². The number of halogens is 1. The van der Waals surface area contributed by atoms with Crippen LogP contribution in [0.25, 0.3) is 11.3 Å². The third-order valence-corrected chi connectivity index (χ3v) is 3.50. The van der Waals surface area contributed by atoms with Crippen LogP contribution in [0.4, 0.5) is 4.39 Å². The number of aromatic nitrogens is 3. The highest BCUT2D eigenvalue weighted by Gasteiger charge is 2.18. The number of rotatable bonds is 6. The van der Waals surface area contributed by atoms with E-state index in [0.29, 0.717) is 22.6 Å². The van der Waals surface area contributed by atoms with Gasteiger partial charge in [0, 0.05) is 11.1 Å². The fourth-order valence-electron chi connectivity index (χ4n) is 2.26. The average Bonchev–Trinajstić information content (AvgIpc) is 3.12. The highest BCUT2D eigenvalue weighted by molar-refractivity contribution is 5.93. The summed E-state index contributed by atoms with van der Waals surface area (Å²) in [6.45, 7) is 2.11. The number of carbonyl (C=O) groups excluding carboxylic acids is 1. The molecule has 25 heavy (non-hydrogen) atoms. The van der Waals surface area contributed by atoms with Gasteiger partial charge in [-0.05, 0) is 37.3 Å². The summed E-state index contributed by atoms with van der Waals surface area (Å²) in [5.41, 5.74) is 1.70. The Balaban J connectivity index is 1.72. The van der Waals surface area contributed by atoms with E-state index in [9.17, 15) is 9.18 Å². The summed E-state index contributed by atoms with van der Waals surface area (Å²) in [7, 11) is 0. The number of hydrogen-bond donors (Lipinski definition) is 1. The monoisotopic (exact) mass is 341 g/mol. The molecule has 7 heteroatoms. The number of benzene rings is 2. The van der Waals surface area contributed by atoms with E-state index >= 15 is 0 Å². The summed E-state index contributed by atoms with van der Waals surface area (Å²) in [6.07, 6.45) is 0. The third kappa shape index (κ3) is 3.82. The lowest BCUT2D eigenvalue weighted by Gasteiger charge is -2.08. The van der Waals surface area contributed by atoms with Gasteiger partial charge in [-0.3, -0.25) is 0 Å². The zero-order chi connectivity index (χ0) is 17.6. The molecule has 0 spiro atoms. The van der Waals surface area contributed by atoms with Gasteiger partial charge in [0.25, 0.3) is 0 Å². The molecule has 3 rings (SSSR count). The number of ether oxygens (including phenoxy) is 2. The molecule has 0 aliphatic rings. The first-order chi connectivity index (χ1) is 12.2. The first kappa shape index (κ1) is 16.6. The minimum Gasteiger partial charge on any atom is -0.489 e. The van der Waals surface area contributed by atoms with Gasteiger partial charge in [-0.1, -0.05) is 18.2 Å². The topological polar surface area (TPSA) is 77.1 Å². The SMILES string of the molecule is CCOC(=O)c1n[nH]nc1-c1ccc(OCc2ccccc2F)cc1. The van der Waals surface area contributed by atoms with E-state index in [0.717, 1.165) is 0 Å². The predicted octanol–water partition coefficient (Wildman–Crippen LogP) is 3.37. The number of carbonyl (C=O) groups is 1. The summed E-state index contributed by atoms with van der Waals surface area (Å²) in [5.74, 6) is -0.264. The number of H-pyrrole nitrogens is 1. The highest BCUT2D eigenvalue weighted by atomic mass is 19.1. The molecule has 1 heterocycles. The number of nitrogens with zero attached hydrogens (tertiary/aromatic N) is 2. The van der Waals surface area contributed by atoms with Gasteiger partial charge in [0.1, 0.15) is 23.9 Å². The van der Waals surface area contributed by atoms with Crippen molar-refractivity contribution in [2.75, 3.05) is 6.61 Å². The van der Waals surface area contributed by atoms with Crippen molar-refractivity contribution >= 4 is 5.97 Å². The fraction of sp³-hybridized carbons (Fsp3) is 0.167. The molecule has 128 valence electrons. The largest absolute Gasteiger partial charge is 0.489 e. The first-order valence-electron chi connectivity index (χ1n) is 7.73. The summed E-state index contributed by atoms with van der Waals surface area (Å²) >= 11 is 0. The Bertz CT molecular complexity index is 862. The maximum atomic E-state index is 13.6. The molecule has 0 fully saturated rings. The molecule has 2 aromatic carbocycles. The van der Waals surface area contributed by atoms with Crippen LogP contribution in [-0.2, 0) is 11.3 Å². The molecule has 0 aliphatic carbocycles. The van der Waals surface area contributed by atoms with Crippen molar-refractivity contribution < 1.29 is 18.7 Å². The average molecular weight is 341 g/mol. The van der Waals surface area contributed by atoms with Crippen LogP contribution in [0.5, 0.6) is 5.75 Å². The highest BCUT2D eigenvalue weighted by Crippen LogP contribution is 2.24. The molecule has 6 nitrogen and oxygen atoms in total. The van der Waals surface area contributed by atoms with Gasteiger partial charge in [0.2, 0.25) is 0 Å². The van der Waals surface area contributed by atoms with E-state index in [1.54, 1.807) is 49.4 Å². The first-order valence-corrected chi connectivity index (χ1v) is 7.73. The zero-order valence-corrected chi connectivity index (χ0v) is 13.5. The second-order valence-corrected chi connectivity index (χ2v) is 5.15. The molecule has 0 unspecified atom stereocenters. The molecular formula is C18H16FN3O3. The van der Waals surface area contributed by atoms with Crippen molar-refractivity contribution in [2.45, 2.75) is 13.5 Å². The Labute approximate surface area is 143 Å². The molecule has 0 saturated carbocycles. The number of esters is 1. The molecule has 0 bridgehead atoms. The normalized spacial score (nSPS) is 10.5. The van der Waals surface area contributed by atoms with E-state index in [1.165, 1.54) is 6.07 Å². The summed E-state index contributed by atoms with van der Waals surface area (Å²) < 4.78 is 24.1. The van der Waals surface area contributed by atoms with E-state index in [1.807, 2.05) is 0 Å². The summed E-state index contributed by atoms with van der Waals surface area (Å²) in [6, 6.07) is 13.4. The standard InChI is InChI=1S/C18H16FN3O3/c1-2-24-18(23)17-16(20-22-21-17)12-7-9-14(10-8-12)25-11-13-5-3-4-6-15(13)19/h3-10H,2,11H2,1H3,(H,20,21,22). The van der Waals surface area contributed by atoms with Crippen LogP contribution in [-0.4, -0.2) is 28.0 Å². The van der Waals surface area contributed by atoms with E-state index in [2.05, 4.69) is 15.4 Å². The van der Waals surface area contributed by atoms with Crippen molar-refractivity contribution in [1.29, 1.82) is 0 Å². The van der Waals surface area contributed by atoms with Crippen LogP contribution in [0, 0.1) is 5.82 Å². The van der Waals surface area contributed by atoms with Crippen molar-refractivity contribution in [1.82, 2.24) is 15.4 Å². The maximum absolute atomic E-state index is 13.6. The van der Waals surface area contributed by atoms with Crippen LogP contribution in [0.2, 0.25) is 0 Å². The van der Waals surface area contributed by atoms with Gasteiger partial charge in [-0.2, -0.15) is 10.3 Å². The van der Waals surface area contributed by atoms with Crippen LogP contribution in [0.1, 0.15) is 23.0 Å². The molecule has 1 aromatic heterocycles. The summed E-state index contributed by atoms with van der Waals surface area (Å²) in [4.78, 5) is 11.9. The Hall–Kier alpha value is -3.22. The third-order valence-electron chi connectivity index (χ3n) is 3.50. The second-order valence-electron chi connectivity index (χ2n) is 5.15. The minimum absolute atomic E-state index is 0.127.